The highest BCUT2D eigenvalue weighted by Crippen LogP contribution is 2.43. The average Bonchev–Trinajstić information content (AvgIpc) is 3.80. The summed E-state index contributed by atoms with van der Waals surface area (Å²) in [5, 5.41) is 3.06. The molecule has 39 heavy (non-hydrogen) atoms. The molecule has 0 amide bonds. The van der Waals surface area contributed by atoms with Crippen LogP contribution in [0.2, 0.25) is 0 Å². The van der Waals surface area contributed by atoms with Gasteiger partial charge in [0.25, 0.3) is 5.56 Å². The molecular formula is C27H31FN8O2S. The average molecular weight is 551 g/mol. The molecule has 0 saturated heterocycles. The van der Waals surface area contributed by atoms with Gasteiger partial charge in [0.2, 0.25) is 0 Å². The summed E-state index contributed by atoms with van der Waals surface area (Å²) < 4.78 is 28.0. The van der Waals surface area contributed by atoms with Crippen LogP contribution in [0.4, 0.5) is 10.2 Å². The summed E-state index contributed by atoms with van der Waals surface area (Å²) in [5.74, 6) is 1.19. The number of hydrogen-bond donors (Lipinski definition) is 1. The van der Waals surface area contributed by atoms with Gasteiger partial charge in [-0.3, -0.25) is 18.6 Å². The van der Waals surface area contributed by atoms with Gasteiger partial charge in [0.05, 0.1) is 44.9 Å². The maximum Gasteiger partial charge on any atom is 0.295 e. The van der Waals surface area contributed by atoms with Crippen molar-refractivity contribution in [2.45, 2.75) is 77.0 Å². The van der Waals surface area contributed by atoms with E-state index < -0.39 is 17.5 Å². The van der Waals surface area contributed by atoms with Gasteiger partial charge in [-0.15, -0.1) is 0 Å². The van der Waals surface area contributed by atoms with Gasteiger partial charge in [-0.25, -0.2) is 29.3 Å². The largest absolute Gasteiger partial charge is 0.360 e. The van der Waals surface area contributed by atoms with Crippen molar-refractivity contribution in [3.63, 3.8) is 0 Å². The fourth-order valence-electron chi connectivity index (χ4n) is 4.48. The Labute approximate surface area is 228 Å². The molecule has 1 aliphatic rings. The number of fused-ring (bicyclic) bond motifs is 1. The van der Waals surface area contributed by atoms with E-state index >= 15 is 0 Å². The van der Waals surface area contributed by atoms with E-state index in [-0.39, 0.29) is 40.8 Å². The van der Waals surface area contributed by atoms with E-state index in [1.807, 2.05) is 27.7 Å². The maximum absolute atomic E-state index is 14.4. The summed E-state index contributed by atoms with van der Waals surface area (Å²) in [4.78, 5) is 41.4. The Morgan fingerprint density at radius 1 is 1.15 bits per heavy atom. The Morgan fingerprint density at radius 3 is 2.59 bits per heavy atom. The number of aryl methyl sites for hydroxylation is 1. The molecule has 12 heteroatoms. The minimum Gasteiger partial charge on any atom is -0.360 e. The van der Waals surface area contributed by atoms with Crippen LogP contribution in [0.3, 0.4) is 0 Å². The van der Waals surface area contributed by atoms with Gasteiger partial charge in [-0.1, -0.05) is 13.8 Å². The van der Waals surface area contributed by atoms with E-state index in [9.17, 15) is 13.4 Å². The first-order valence-electron chi connectivity index (χ1n) is 13.1. The SMILES string of the molecule is CC[C@@H](C)n1c(=O)c(NCc2ccc(S(=O)CC)cn2)nc2c(CF)nc(-c3c(C)ncnc3C3CC3)nc21. The molecular weight excluding hydrogens is 519 g/mol. The molecule has 204 valence electrons. The minimum atomic E-state index is -1.10. The van der Waals surface area contributed by atoms with Gasteiger partial charge < -0.3 is 5.32 Å². The van der Waals surface area contributed by atoms with Crippen molar-refractivity contribution >= 4 is 27.8 Å². The van der Waals surface area contributed by atoms with Crippen LogP contribution < -0.4 is 10.9 Å². The van der Waals surface area contributed by atoms with Crippen molar-refractivity contribution in [2.75, 3.05) is 11.1 Å². The number of pyridine rings is 1. The molecule has 1 N–H and O–H groups in total. The third kappa shape index (κ3) is 5.29. The number of nitrogens with one attached hydrogen (secondary N) is 1. The molecule has 1 unspecified atom stereocenters. The Balaban J connectivity index is 1.60. The predicted molar refractivity (Wildman–Crippen MR) is 148 cm³/mol. The lowest BCUT2D eigenvalue weighted by Gasteiger charge is -2.19. The minimum absolute atomic E-state index is 0.0646. The van der Waals surface area contributed by atoms with E-state index in [0.29, 0.717) is 45.8 Å². The van der Waals surface area contributed by atoms with Gasteiger partial charge in [-0.05, 0) is 45.2 Å². The molecule has 10 nitrogen and oxygen atoms in total. The van der Waals surface area contributed by atoms with Crippen LogP contribution >= 0.6 is 0 Å². The number of rotatable bonds is 10. The number of nitrogens with zero attached hydrogens (tertiary/aromatic N) is 7. The highest BCUT2D eigenvalue weighted by atomic mass is 32.2. The van der Waals surface area contributed by atoms with Crippen LogP contribution in [-0.2, 0) is 24.0 Å². The standard InChI is InChI=1S/C27H31FN8O2S/c1-5-15(3)36-26-23(34-25(27(36)37)30-12-18-9-10-19(13-29-18)39(38)6-2)20(11-28)33-24(35-26)21-16(4)31-14-32-22(21)17-7-8-17/h9-10,13-15,17H,5-8,11-12H2,1-4H3,(H,30,34)/t15-,39?/m1/s1. The third-order valence-corrected chi connectivity index (χ3v) is 8.27. The molecule has 1 fully saturated rings. The second-order valence-corrected chi connectivity index (χ2v) is 11.4. The van der Waals surface area contributed by atoms with Crippen molar-refractivity contribution in [1.82, 2.24) is 34.5 Å². The molecule has 4 heterocycles. The van der Waals surface area contributed by atoms with Crippen molar-refractivity contribution < 1.29 is 8.60 Å². The van der Waals surface area contributed by atoms with Crippen LogP contribution in [0.15, 0.2) is 34.3 Å². The molecule has 4 aromatic rings. The second-order valence-electron chi connectivity index (χ2n) is 9.66. The predicted octanol–water partition coefficient (Wildman–Crippen LogP) is 4.40. The molecule has 0 radical (unpaired) electrons. The van der Waals surface area contributed by atoms with Crippen LogP contribution in [0.1, 0.15) is 74.8 Å². The molecule has 0 aromatic carbocycles. The summed E-state index contributed by atoms with van der Waals surface area (Å²) in [5.41, 5.74) is 3.16. The van der Waals surface area contributed by atoms with Crippen LogP contribution in [0.5, 0.6) is 0 Å². The highest BCUT2D eigenvalue weighted by molar-refractivity contribution is 7.85. The Kier molecular flexibility index (Phi) is 7.74. The second kappa shape index (κ2) is 11.2. The van der Waals surface area contributed by atoms with E-state index in [0.717, 1.165) is 18.5 Å². The zero-order valence-corrected chi connectivity index (χ0v) is 23.3. The Bertz CT molecular complexity index is 1600. The first kappa shape index (κ1) is 26.9. The van der Waals surface area contributed by atoms with E-state index in [1.54, 1.807) is 22.9 Å². The fraction of sp³-hybridized carbons (Fsp3) is 0.444. The van der Waals surface area contributed by atoms with Crippen molar-refractivity contribution in [3.05, 3.63) is 57.8 Å². The number of aromatic nitrogens is 7. The normalized spacial score (nSPS) is 14.9. The first-order chi connectivity index (χ1) is 18.9. The van der Waals surface area contributed by atoms with Gasteiger partial charge in [0.1, 0.15) is 24.2 Å². The highest BCUT2D eigenvalue weighted by Gasteiger charge is 2.31. The van der Waals surface area contributed by atoms with Crippen molar-refractivity contribution in [2.24, 2.45) is 0 Å². The lowest BCUT2D eigenvalue weighted by atomic mass is 10.1. The lowest BCUT2D eigenvalue weighted by molar-refractivity contribution is 0.477. The number of alkyl halides is 1. The van der Waals surface area contributed by atoms with Crippen LogP contribution in [0, 0.1) is 6.92 Å². The summed E-state index contributed by atoms with van der Waals surface area (Å²) >= 11 is 0. The Morgan fingerprint density at radius 2 is 1.95 bits per heavy atom. The molecule has 0 spiro atoms. The monoisotopic (exact) mass is 550 g/mol. The summed E-state index contributed by atoms with van der Waals surface area (Å²) in [6.07, 6.45) is 5.80. The number of anilines is 1. The first-order valence-corrected chi connectivity index (χ1v) is 14.5. The van der Waals surface area contributed by atoms with E-state index in [1.165, 1.54) is 6.33 Å². The lowest BCUT2D eigenvalue weighted by Crippen LogP contribution is -2.29. The third-order valence-electron chi connectivity index (χ3n) is 6.98. The van der Waals surface area contributed by atoms with Gasteiger partial charge in [0, 0.05) is 23.9 Å². The maximum atomic E-state index is 14.4. The van der Waals surface area contributed by atoms with Gasteiger partial charge >= 0.3 is 0 Å². The fourth-order valence-corrected chi connectivity index (χ4v) is 5.20. The molecule has 1 saturated carbocycles. The molecule has 0 aliphatic heterocycles. The van der Waals surface area contributed by atoms with Crippen LogP contribution in [-0.4, -0.2) is 44.4 Å². The summed E-state index contributed by atoms with van der Waals surface area (Å²) in [6, 6.07) is 3.29. The molecule has 0 bridgehead atoms. The van der Waals surface area contributed by atoms with Crippen molar-refractivity contribution in [3.8, 4) is 11.4 Å². The zero-order valence-electron chi connectivity index (χ0n) is 22.4. The zero-order chi connectivity index (χ0) is 27.7. The van der Waals surface area contributed by atoms with Crippen molar-refractivity contribution in [1.29, 1.82) is 0 Å². The van der Waals surface area contributed by atoms with E-state index in [2.05, 4.69) is 30.2 Å². The quantitative estimate of drug-likeness (QED) is 0.305. The molecule has 1 aliphatic carbocycles. The van der Waals surface area contributed by atoms with Crippen LogP contribution in [0.25, 0.3) is 22.6 Å². The molecule has 5 rings (SSSR count). The van der Waals surface area contributed by atoms with Gasteiger partial charge in [0.15, 0.2) is 17.3 Å². The smallest absolute Gasteiger partial charge is 0.295 e. The summed E-state index contributed by atoms with van der Waals surface area (Å²) in [6.45, 7) is 6.93. The van der Waals surface area contributed by atoms with E-state index in [4.69, 9.17) is 4.98 Å². The summed E-state index contributed by atoms with van der Waals surface area (Å²) in [7, 11) is -1.10. The molecule has 2 atom stereocenters. The molecule has 4 aromatic heterocycles. The number of halogens is 1. The topological polar surface area (TPSA) is 128 Å². The van der Waals surface area contributed by atoms with Gasteiger partial charge in [-0.2, -0.15) is 0 Å². The Hall–Kier alpha value is -3.67. The number of hydrogen-bond acceptors (Lipinski definition) is 9.